The molecule has 6 nitrogen and oxygen atoms in total. The van der Waals surface area contributed by atoms with Crippen LogP contribution in [0, 0.1) is 5.92 Å². The van der Waals surface area contributed by atoms with Gasteiger partial charge in [-0.25, -0.2) is 0 Å². The number of methoxy groups -OCH3 is 1. The van der Waals surface area contributed by atoms with E-state index in [2.05, 4.69) is 15.5 Å². The summed E-state index contributed by atoms with van der Waals surface area (Å²) in [6.45, 7) is 5.52. The van der Waals surface area contributed by atoms with Crippen LogP contribution in [-0.4, -0.2) is 44.1 Å². The van der Waals surface area contributed by atoms with E-state index in [-0.39, 0.29) is 23.8 Å². The van der Waals surface area contributed by atoms with Crippen molar-refractivity contribution in [1.29, 1.82) is 0 Å². The smallest absolute Gasteiger partial charge is 0.251 e. The molecule has 1 fully saturated rings. The molecule has 1 aliphatic heterocycles. The maximum Gasteiger partial charge on any atom is 0.251 e. The number of para-hydroxylation sites is 2. The number of benzene rings is 2. The number of rotatable bonds is 7. The van der Waals surface area contributed by atoms with Gasteiger partial charge < -0.3 is 20.3 Å². The van der Waals surface area contributed by atoms with Crippen molar-refractivity contribution in [3.8, 4) is 5.75 Å². The molecule has 6 heteroatoms. The minimum Gasteiger partial charge on any atom is -0.495 e. The Hall–Kier alpha value is -3.02. The van der Waals surface area contributed by atoms with Gasteiger partial charge >= 0.3 is 0 Å². The van der Waals surface area contributed by atoms with Gasteiger partial charge in [-0.3, -0.25) is 9.59 Å². The number of carbonyl (C=O) groups is 2. The van der Waals surface area contributed by atoms with Crippen LogP contribution in [-0.2, 0) is 4.79 Å². The zero-order chi connectivity index (χ0) is 21.5. The molecule has 1 heterocycles. The lowest BCUT2D eigenvalue weighted by Crippen LogP contribution is -2.55. The third-order valence-corrected chi connectivity index (χ3v) is 5.47. The van der Waals surface area contributed by atoms with Crippen molar-refractivity contribution >= 4 is 17.5 Å². The van der Waals surface area contributed by atoms with Gasteiger partial charge in [0.1, 0.15) is 11.8 Å². The fourth-order valence-corrected chi connectivity index (χ4v) is 3.84. The Labute approximate surface area is 178 Å². The molecule has 160 valence electrons. The molecule has 2 aromatic rings. The summed E-state index contributed by atoms with van der Waals surface area (Å²) in [6.07, 6.45) is 1.89. The van der Waals surface area contributed by atoms with E-state index in [1.54, 1.807) is 19.2 Å². The first-order valence-electron chi connectivity index (χ1n) is 10.5. The number of amides is 2. The maximum absolute atomic E-state index is 13.0. The first-order valence-corrected chi connectivity index (χ1v) is 10.5. The standard InChI is InChI=1S/C24H31N3O3/c1-17(2)22(26-23(28)18-10-5-4-6-11-18)24(29)25-19-12-9-15-27(16-19)20-13-7-8-14-21(20)30-3/h4-8,10-11,13-14,17,19,22H,9,12,15-16H2,1-3H3,(H,25,29)(H,26,28). The minimum absolute atomic E-state index is 0.0195. The lowest BCUT2D eigenvalue weighted by molar-refractivity contribution is -0.124. The van der Waals surface area contributed by atoms with Gasteiger partial charge in [-0.15, -0.1) is 0 Å². The average molecular weight is 410 g/mol. The van der Waals surface area contributed by atoms with E-state index in [4.69, 9.17) is 4.74 Å². The topological polar surface area (TPSA) is 70.7 Å². The Morgan fingerprint density at radius 3 is 2.47 bits per heavy atom. The summed E-state index contributed by atoms with van der Waals surface area (Å²) in [5.74, 6) is 0.441. The van der Waals surface area contributed by atoms with Gasteiger partial charge in [-0.05, 0) is 43.0 Å². The van der Waals surface area contributed by atoms with Crippen LogP contribution in [0.5, 0.6) is 5.75 Å². The van der Waals surface area contributed by atoms with Gasteiger partial charge in [0.25, 0.3) is 5.91 Å². The maximum atomic E-state index is 13.0. The second-order valence-electron chi connectivity index (χ2n) is 8.03. The average Bonchev–Trinajstić information content (AvgIpc) is 2.77. The Bertz CT molecular complexity index is 854. The number of nitrogens with one attached hydrogen (secondary N) is 2. The summed E-state index contributed by atoms with van der Waals surface area (Å²) in [6, 6.07) is 16.4. The summed E-state index contributed by atoms with van der Waals surface area (Å²) >= 11 is 0. The highest BCUT2D eigenvalue weighted by Gasteiger charge is 2.29. The van der Waals surface area contributed by atoms with Crippen molar-refractivity contribution in [1.82, 2.24) is 10.6 Å². The Morgan fingerprint density at radius 1 is 1.07 bits per heavy atom. The largest absolute Gasteiger partial charge is 0.495 e. The predicted molar refractivity (Wildman–Crippen MR) is 119 cm³/mol. The molecule has 0 radical (unpaired) electrons. The van der Waals surface area contributed by atoms with Gasteiger partial charge in [-0.2, -0.15) is 0 Å². The molecule has 0 aromatic heterocycles. The SMILES string of the molecule is COc1ccccc1N1CCCC(NC(=O)C(NC(=O)c2ccccc2)C(C)C)C1. The third kappa shape index (κ3) is 5.32. The van der Waals surface area contributed by atoms with Crippen molar-refractivity contribution in [2.45, 2.75) is 38.8 Å². The van der Waals surface area contributed by atoms with Gasteiger partial charge in [0, 0.05) is 24.7 Å². The van der Waals surface area contributed by atoms with Gasteiger partial charge in [-0.1, -0.05) is 44.2 Å². The normalized spacial score (nSPS) is 17.3. The van der Waals surface area contributed by atoms with Crippen LogP contribution in [0.1, 0.15) is 37.0 Å². The van der Waals surface area contributed by atoms with Crippen molar-refractivity contribution in [2.75, 3.05) is 25.1 Å². The van der Waals surface area contributed by atoms with Gasteiger partial charge in [0.05, 0.1) is 12.8 Å². The fourth-order valence-electron chi connectivity index (χ4n) is 3.84. The molecule has 1 aliphatic rings. The van der Waals surface area contributed by atoms with Crippen LogP contribution in [0.15, 0.2) is 54.6 Å². The molecule has 30 heavy (non-hydrogen) atoms. The number of hydrogen-bond acceptors (Lipinski definition) is 4. The molecular weight excluding hydrogens is 378 g/mol. The Kier molecular flexibility index (Phi) is 7.33. The molecule has 0 spiro atoms. The number of nitrogens with zero attached hydrogens (tertiary/aromatic N) is 1. The highest BCUT2D eigenvalue weighted by atomic mass is 16.5. The van der Waals surface area contributed by atoms with Crippen LogP contribution in [0.25, 0.3) is 0 Å². The molecule has 0 bridgehead atoms. The van der Waals surface area contributed by atoms with Crippen LogP contribution in [0.2, 0.25) is 0 Å². The fraction of sp³-hybridized carbons (Fsp3) is 0.417. The van der Waals surface area contributed by atoms with Crippen molar-refractivity contribution in [3.63, 3.8) is 0 Å². The molecule has 1 saturated heterocycles. The third-order valence-electron chi connectivity index (χ3n) is 5.47. The van der Waals surface area contributed by atoms with E-state index in [9.17, 15) is 9.59 Å². The summed E-state index contributed by atoms with van der Waals surface area (Å²) in [4.78, 5) is 27.8. The molecule has 2 N–H and O–H groups in total. The van der Waals surface area contributed by atoms with Crippen molar-refractivity contribution < 1.29 is 14.3 Å². The first kappa shape index (κ1) is 21.7. The lowest BCUT2D eigenvalue weighted by Gasteiger charge is -2.36. The highest BCUT2D eigenvalue weighted by Crippen LogP contribution is 2.29. The summed E-state index contributed by atoms with van der Waals surface area (Å²) < 4.78 is 5.49. The van der Waals surface area contributed by atoms with E-state index < -0.39 is 6.04 Å². The van der Waals surface area contributed by atoms with Crippen LogP contribution >= 0.6 is 0 Å². The molecule has 3 rings (SSSR count). The van der Waals surface area contributed by atoms with Crippen molar-refractivity contribution in [2.24, 2.45) is 5.92 Å². The Morgan fingerprint density at radius 2 is 1.77 bits per heavy atom. The molecule has 2 atom stereocenters. The number of carbonyl (C=O) groups excluding carboxylic acids is 2. The molecular formula is C24H31N3O3. The molecule has 2 unspecified atom stereocenters. The van der Waals surface area contributed by atoms with E-state index >= 15 is 0 Å². The summed E-state index contributed by atoms with van der Waals surface area (Å²) in [7, 11) is 1.67. The summed E-state index contributed by atoms with van der Waals surface area (Å²) in [5, 5.41) is 6.06. The summed E-state index contributed by atoms with van der Waals surface area (Å²) in [5.41, 5.74) is 1.59. The van der Waals surface area contributed by atoms with Gasteiger partial charge in [0.2, 0.25) is 5.91 Å². The van der Waals surface area contributed by atoms with Gasteiger partial charge in [0.15, 0.2) is 0 Å². The van der Waals surface area contributed by atoms with E-state index in [0.29, 0.717) is 12.1 Å². The molecule has 0 saturated carbocycles. The number of piperidine rings is 1. The highest BCUT2D eigenvalue weighted by molar-refractivity contribution is 5.97. The van der Waals surface area contributed by atoms with E-state index in [1.165, 1.54) is 0 Å². The van der Waals surface area contributed by atoms with Crippen LogP contribution in [0.3, 0.4) is 0 Å². The quantitative estimate of drug-likeness (QED) is 0.737. The first-order chi connectivity index (χ1) is 14.5. The Balaban J connectivity index is 1.64. The van der Waals surface area contributed by atoms with Crippen LogP contribution < -0.4 is 20.3 Å². The second kappa shape index (κ2) is 10.1. The molecule has 2 amide bonds. The second-order valence-corrected chi connectivity index (χ2v) is 8.03. The monoisotopic (exact) mass is 409 g/mol. The number of hydrogen-bond donors (Lipinski definition) is 2. The van der Waals surface area contributed by atoms with E-state index in [1.807, 2.05) is 56.3 Å². The van der Waals surface area contributed by atoms with E-state index in [0.717, 1.165) is 30.8 Å². The van der Waals surface area contributed by atoms with Crippen molar-refractivity contribution in [3.05, 3.63) is 60.2 Å². The molecule has 2 aromatic carbocycles. The van der Waals surface area contributed by atoms with Crippen LogP contribution in [0.4, 0.5) is 5.69 Å². The minimum atomic E-state index is -0.584. The number of ether oxygens (including phenoxy) is 1. The predicted octanol–water partition coefficient (Wildman–Crippen LogP) is 3.23. The zero-order valence-electron chi connectivity index (χ0n) is 17.9. The lowest BCUT2D eigenvalue weighted by atomic mass is 10.00. The molecule has 0 aliphatic carbocycles. The number of anilines is 1. The zero-order valence-corrected chi connectivity index (χ0v) is 17.9.